The standard InChI is InChI=1S/C17H30O2S2/c1-4-18-13-8-6-11-12-7-9-14(19-5-2)15(20)17(12)21-16(11)10(13)3/h10-17,20H,4-9H2,1-3H3. The van der Waals surface area contributed by atoms with Gasteiger partial charge in [0, 0.05) is 29.0 Å². The highest BCUT2D eigenvalue weighted by molar-refractivity contribution is 8.01. The third-order valence-electron chi connectivity index (χ3n) is 5.86. The summed E-state index contributed by atoms with van der Waals surface area (Å²) in [7, 11) is 0. The Morgan fingerprint density at radius 3 is 2.14 bits per heavy atom. The van der Waals surface area contributed by atoms with Crippen molar-refractivity contribution in [3.05, 3.63) is 0 Å². The molecule has 122 valence electrons. The first kappa shape index (κ1) is 16.5. The van der Waals surface area contributed by atoms with E-state index in [2.05, 4.69) is 32.5 Å². The first-order valence-electron chi connectivity index (χ1n) is 8.74. The van der Waals surface area contributed by atoms with Gasteiger partial charge in [-0.15, -0.1) is 0 Å². The van der Waals surface area contributed by atoms with Crippen LogP contribution >= 0.6 is 24.4 Å². The van der Waals surface area contributed by atoms with E-state index in [-0.39, 0.29) is 0 Å². The molecule has 0 aromatic heterocycles. The molecule has 1 heterocycles. The van der Waals surface area contributed by atoms with E-state index in [1.165, 1.54) is 25.7 Å². The lowest BCUT2D eigenvalue weighted by atomic mass is 9.69. The van der Waals surface area contributed by atoms with Gasteiger partial charge in [-0.2, -0.15) is 24.4 Å². The van der Waals surface area contributed by atoms with Crippen molar-refractivity contribution < 1.29 is 9.47 Å². The third kappa shape index (κ3) is 3.02. The van der Waals surface area contributed by atoms with E-state index in [0.717, 1.165) is 30.3 Å². The minimum atomic E-state index is 0.366. The lowest BCUT2D eigenvalue weighted by Crippen LogP contribution is -2.43. The number of hydrogen-bond donors (Lipinski definition) is 1. The summed E-state index contributed by atoms with van der Waals surface area (Å²) in [6.45, 7) is 8.31. The van der Waals surface area contributed by atoms with Gasteiger partial charge in [-0.25, -0.2) is 0 Å². The van der Waals surface area contributed by atoms with Crippen LogP contribution in [0.15, 0.2) is 0 Å². The summed E-state index contributed by atoms with van der Waals surface area (Å²) >= 11 is 7.18. The Bertz CT molecular complexity index is 320. The van der Waals surface area contributed by atoms with E-state index < -0.39 is 0 Å². The van der Waals surface area contributed by atoms with Crippen molar-refractivity contribution in [2.24, 2.45) is 17.8 Å². The topological polar surface area (TPSA) is 18.5 Å². The summed E-state index contributed by atoms with van der Waals surface area (Å²) in [6.07, 6.45) is 6.00. The van der Waals surface area contributed by atoms with Crippen LogP contribution < -0.4 is 0 Å². The molecule has 0 N–H and O–H groups in total. The summed E-state index contributed by atoms with van der Waals surface area (Å²) in [5.74, 6) is 2.44. The van der Waals surface area contributed by atoms with Crippen LogP contribution in [0.5, 0.6) is 0 Å². The van der Waals surface area contributed by atoms with Gasteiger partial charge in [0.2, 0.25) is 0 Å². The predicted molar refractivity (Wildman–Crippen MR) is 93.4 cm³/mol. The Labute approximate surface area is 139 Å². The fraction of sp³-hybridized carbons (Fsp3) is 1.00. The van der Waals surface area contributed by atoms with Crippen molar-refractivity contribution in [2.75, 3.05) is 13.2 Å². The molecule has 3 rings (SSSR count). The largest absolute Gasteiger partial charge is 0.378 e. The molecule has 8 unspecified atom stereocenters. The highest BCUT2D eigenvalue weighted by Gasteiger charge is 2.54. The molecular weight excluding hydrogens is 300 g/mol. The summed E-state index contributed by atoms with van der Waals surface area (Å²) in [5.41, 5.74) is 0. The first-order chi connectivity index (χ1) is 10.2. The smallest absolute Gasteiger partial charge is 0.0701 e. The second kappa shape index (κ2) is 7.02. The molecular formula is C17H30O2S2. The number of thioether (sulfide) groups is 1. The third-order valence-corrected chi connectivity index (χ3v) is 8.77. The maximum absolute atomic E-state index is 5.99. The summed E-state index contributed by atoms with van der Waals surface area (Å²) in [5, 5.41) is 1.88. The van der Waals surface area contributed by atoms with Crippen LogP contribution in [0.25, 0.3) is 0 Å². The Kier molecular flexibility index (Phi) is 5.51. The van der Waals surface area contributed by atoms with E-state index in [1.807, 2.05) is 0 Å². The van der Waals surface area contributed by atoms with E-state index in [4.69, 9.17) is 22.1 Å². The molecule has 0 radical (unpaired) electrons. The van der Waals surface area contributed by atoms with Crippen LogP contribution in [0.2, 0.25) is 0 Å². The van der Waals surface area contributed by atoms with E-state index >= 15 is 0 Å². The number of fused-ring (bicyclic) bond motifs is 3. The molecule has 3 aliphatic rings. The zero-order valence-corrected chi connectivity index (χ0v) is 15.2. The summed E-state index contributed by atoms with van der Waals surface area (Å²) in [4.78, 5) is 0. The fourth-order valence-electron chi connectivity index (χ4n) is 4.89. The Balaban J connectivity index is 1.70. The van der Waals surface area contributed by atoms with Crippen LogP contribution in [0.3, 0.4) is 0 Å². The van der Waals surface area contributed by atoms with Gasteiger partial charge in [0.15, 0.2) is 0 Å². The molecule has 1 saturated heterocycles. The SMILES string of the molecule is CCOC1CCC2C3CCC(OCC)C(S)C3SC2C1C. The van der Waals surface area contributed by atoms with Gasteiger partial charge < -0.3 is 9.47 Å². The molecule has 2 saturated carbocycles. The normalized spacial score (nSPS) is 49.7. The minimum Gasteiger partial charge on any atom is -0.378 e. The molecule has 0 aromatic rings. The molecule has 4 heteroatoms. The quantitative estimate of drug-likeness (QED) is 0.785. The second-order valence-electron chi connectivity index (χ2n) is 6.89. The zero-order valence-electron chi connectivity index (χ0n) is 13.5. The number of ether oxygens (including phenoxy) is 2. The molecule has 0 amide bonds. The van der Waals surface area contributed by atoms with Gasteiger partial charge in [-0.1, -0.05) is 6.92 Å². The predicted octanol–water partition coefficient (Wildman–Crippen LogP) is 4.04. The highest BCUT2D eigenvalue weighted by Crippen LogP contribution is 2.57. The van der Waals surface area contributed by atoms with Crippen molar-refractivity contribution >= 4 is 24.4 Å². The first-order valence-corrected chi connectivity index (χ1v) is 10.2. The maximum atomic E-state index is 5.99. The second-order valence-corrected chi connectivity index (χ2v) is 8.84. The molecule has 1 aliphatic heterocycles. The lowest BCUT2D eigenvalue weighted by Gasteiger charge is -2.40. The van der Waals surface area contributed by atoms with Crippen LogP contribution in [0.4, 0.5) is 0 Å². The van der Waals surface area contributed by atoms with E-state index in [1.54, 1.807) is 0 Å². The van der Waals surface area contributed by atoms with Gasteiger partial charge in [0.1, 0.15) is 0 Å². The van der Waals surface area contributed by atoms with Crippen molar-refractivity contribution in [3.63, 3.8) is 0 Å². The Hall–Kier alpha value is 0.620. The van der Waals surface area contributed by atoms with Crippen LogP contribution in [0.1, 0.15) is 46.5 Å². The van der Waals surface area contributed by atoms with Gasteiger partial charge in [-0.3, -0.25) is 0 Å². The van der Waals surface area contributed by atoms with Crippen molar-refractivity contribution in [1.82, 2.24) is 0 Å². The van der Waals surface area contributed by atoms with E-state index in [9.17, 15) is 0 Å². The van der Waals surface area contributed by atoms with E-state index in [0.29, 0.717) is 28.6 Å². The van der Waals surface area contributed by atoms with Gasteiger partial charge in [-0.05, 0) is 57.3 Å². The molecule has 8 atom stereocenters. The molecule has 0 aromatic carbocycles. The van der Waals surface area contributed by atoms with Gasteiger partial charge >= 0.3 is 0 Å². The Morgan fingerprint density at radius 2 is 1.48 bits per heavy atom. The highest BCUT2D eigenvalue weighted by atomic mass is 32.2. The molecule has 2 aliphatic carbocycles. The fourth-order valence-corrected chi connectivity index (χ4v) is 7.76. The lowest BCUT2D eigenvalue weighted by molar-refractivity contribution is -0.0184. The number of thiol groups is 1. The van der Waals surface area contributed by atoms with Gasteiger partial charge in [0.25, 0.3) is 0 Å². The van der Waals surface area contributed by atoms with Crippen molar-refractivity contribution in [3.8, 4) is 0 Å². The van der Waals surface area contributed by atoms with Crippen LogP contribution in [-0.2, 0) is 9.47 Å². The summed E-state index contributed by atoms with van der Waals surface area (Å²) < 4.78 is 11.9. The van der Waals surface area contributed by atoms with Crippen molar-refractivity contribution in [2.45, 2.75) is 74.4 Å². The zero-order chi connectivity index (χ0) is 15.0. The molecule has 21 heavy (non-hydrogen) atoms. The van der Waals surface area contributed by atoms with Crippen LogP contribution in [-0.4, -0.2) is 41.2 Å². The minimum absolute atomic E-state index is 0.366. The number of hydrogen-bond acceptors (Lipinski definition) is 4. The maximum Gasteiger partial charge on any atom is 0.0701 e. The van der Waals surface area contributed by atoms with Crippen LogP contribution in [0, 0.1) is 17.8 Å². The van der Waals surface area contributed by atoms with Gasteiger partial charge in [0.05, 0.1) is 12.2 Å². The molecule has 2 nitrogen and oxygen atoms in total. The molecule has 0 spiro atoms. The molecule has 3 fully saturated rings. The summed E-state index contributed by atoms with van der Waals surface area (Å²) in [6, 6.07) is 0. The monoisotopic (exact) mass is 330 g/mol. The Morgan fingerprint density at radius 1 is 0.905 bits per heavy atom. The average molecular weight is 331 g/mol. The van der Waals surface area contributed by atoms with Crippen molar-refractivity contribution in [1.29, 1.82) is 0 Å². The number of rotatable bonds is 4. The molecule has 0 bridgehead atoms. The average Bonchev–Trinajstić information content (AvgIpc) is 2.86.